The summed E-state index contributed by atoms with van der Waals surface area (Å²) in [4.78, 5) is 4.22. The lowest BCUT2D eigenvalue weighted by Crippen LogP contribution is -1.79. The van der Waals surface area contributed by atoms with Crippen LogP contribution in [0.5, 0.6) is 0 Å². The van der Waals surface area contributed by atoms with Gasteiger partial charge in [0.25, 0.3) is 0 Å². The van der Waals surface area contributed by atoms with Crippen LogP contribution in [-0.2, 0) is 0 Å². The molecule has 0 saturated carbocycles. The van der Waals surface area contributed by atoms with Gasteiger partial charge in [0.1, 0.15) is 5.82 Å². The molecule has 0 spiro atoms. The van der Waals surface area contributed by atoms with Crippen molar-refractivity contribution in [3.05, 3.63) is 27.4 Å². The SMILES string of the molecule is Cc1cc(F)cc2sc(Br)nc12. The molecule has 1 aromatic heterocycles. The van der Waals surface area contributed by atoms with Crippen LogP contribution >= 0.6 is 27.3 Å². The average molecular weight is 246 g/mol. The van der Waals surface area contributed by atoms with Crippen LogP contribution in [0.4, 0.5) is 4.39 Å². The molecule has 1 aromatic carbocycles. The van der Waals surface area contributed by atoms with Gasteiger partial charge in [0.05, 0.1) is 10.2 Å². The fourth-order valence-electron chi connectivity index (χ4n) is 1.13. The normalized spacial score (nSPS) is 10.9. The maximum atomic E-state index is 12.9. The van der Waals surface area contributed by atoms with Gasteiger partial charge < -0.3 is 0 Å². The molecule has 0 aliphatic heterocycles. The minimum Gasteiger partial charge on any atom is -0.229 e. The molecule has 0 aliphatic carbocycles. The maximum absolute atomic E-state index is 12.9. The second-order valence-electron chi connectivity index (χ2n) is 2.54. The second kappa shape index (κ2) is 2.78. The van der Waals surface area contributed by atoms with Crippen molar-refractivity contribution in [3.8, 4) is 0 Å². The Morgan fingerprint density at radius 1 is 1.50 bits per heavy atom. The van der Waals surface area contributed by atoms with Crippen LogP contribution in [0.2, 0.25) is 0 Å². The Bertz CT molecular complexity index is 438. The Labute approximate surface area is 81.4 Å². The van der Waals surface area contributed by atoms with Gasteiger partial charge in [-0.1, -0.05) is 0 Å². The Morgan fingerprint density at radius 2 is 2.25 bits per heavy atom. The minimum atomic E-state index is -0.198. The van der Waals surface area contributed by atoms with Gasteiger partial charge in [0.2, 0.25) is 0 Å². The summed E-state index contributed by atoms with van der Waals surface area (Å²) < 4.78 is 14.6. The molecule has 2 rings (SSSR count). The minimum absolute atomic E-state index is 0.198. The number of halogens is 2. The molecule has 0 atom stereocenters. The number of fused-ring (bicyclic) bond motifs is 1. The van der Waals surface area contributed by atoms with Crippen LogP contribution in [0.15, 0.2) is 16.0 Å². The predicted molar refractivity (Wildman–Crippen MR) is 52.0 cm³/mol. The highest BCUT2D eigenvalue weighted by Crippen LogP contribution is 2.28. The lowest BCUT2D eigenvalue weighted by Gasteiger charge is -1.93. The summed E-state index contributed by atoms with van der Waals surface area (Å²) in [5, 5.41) is 0. The first-order valence-corrected chi connectivity index (χ1v) is 5.00. The Morgan fingerprint density at radius 3 is 3.00 bits per heavy atom. The highest BCUT2D eigenvalue weighted by Gasteiger charge is 2.05. The van der Waals surface area contributed by atoms with Crippen molar-refractivity contribution >= 4 is 37.5 Å². The molecule has 0 unspecified atom stereocenters. The highest BCUT2D eigenvalue weighted by molar-refractivity contribution is 9.11. The van der Waals surface area contributed by atoms with E-state index in [1.807, 2.05) is 6.92 Å². The molecule has 0 radical (unpaired) electrons. The molecule has 0 N–H and O–H groups in total. The first kappa shape index (κ1) is 8.13. The molecule has 62 valence electrons. The Balaban J connectivity index is 2.88. The molecule has 0 bridgehead atoms. The number of aromatic nitrogens is 1. The second-order valence-corrected chi connectivity index (χ2v) is 4.84. The highest BCUT2D eigenvalue weighted by atomic mass is 79.9. The van der Waals surface area contributed by atoms with Gasteiger partial charge in [-0.2, -0.15) is 0 Å². The van der Waals surface area contributed by atoms with Crippen molar-refractivity contribution in [3.63, 3.8) is 0 Å². The zero-order valence-corrected chi connectivity index (χ0v) is 8.67. The number of thiazole rings is 1. The van der Waals surface area contributed by atoms with E-state index in [9.17, 15) is 4.39 Å². The van der Waals surface area contributed by atoms with Gasteiger partial charge >= 0.3 is 0 Å². The topological polar surface area (TPSA) is 12.9 Å². The van der Waals surface area contributed by atoms with E-state index in [1.54, 1.807) is 0 Å². The fraction of sp³-hybridized carbons (Fsp3) is 0.125. The number of benzene rings is 1. The molecule has 0 fully saturated rings. The fourth-order valence-corrected chi connectivity index (χ4v) is 2.62. The molecule has 0 saturated heterocycles. The zero-order chi connectivity index (χ0) is 8.72. The number of hydrogen-bond donors (Lipinski definition) is 0. The van der Waals surface area contributed by atoms with Crippen LogP contribution in [0.25, 0.3) is 10.2 Å². The molecule has 4 heteroatoms. The van der Waals surface area contributed by atoms with Crippen LogP contribution in [0.3, 0.4) is 0 Å². The number of rotatable bonds is 0. The number of aryl methyl sites for hydroxylation is 1. The third kappa shape index (κ3) is 1.25. The molecule has 2 aromatic rings. The van der Waals surface area contributed by atoms with E-state index in [2.05, 4.69) is 20.9 Å². The molecule has 0 amide bonds. The van der Waals surface area contributed by atoms with Crippen molar-refractivity contribution < 1.29 is 4.39 Å². The smallest absolute Gasteiger partial charge is 0.160 e. The Kier molecular flexibility index (Phi) is 1.88. The van der Waals surface area contributed by atoms with Gasteiger partial charge in [0, 0.05) is 0 Å². The zero-order valence-electron chi connectivity index (χ0n) is 6.27. The van der Waals surface area contributed by atoms with Crippen LogP contribution < -0.4 is 0 Å². The van der Waals surface area contributed by atoms with Gasteiger partial charge in [-0.15, -0.1) is 11.3 Å². The summed E-state index contributed by atoms with van der Waals surface area (Å²) >= 11 is 4.71. The van der Waals surface area contributed by atoms with Crippen LogP contribution in [-0.4, -0.2) is 4.98 Å². The van der Waals surface area contributed by atoms with E-state index in [1.165, 1.54) is 23.5 Å². The van der Waals surface area contributed by atoms with Gasteiger partial charge in [-0.05, 0) is 40.5 Å². The Hall–Kier alpha value is -0.480. The number of hydrogen-bond acceptors (Lipinski definition) is 2. The van der Waals surface area contributed by atoms with Crippen LogP contribution in [0, 0.1) is 12.7 Å². The van der Waals surface area contributed by atoms with Crippen molar-refractivity contribution in [1.82, 2.24) is 4.98 Å². The van der Waals surface area contributed by atoms with Crippen LogP contribution in [0.1, 0.15) is 5.56 Å². The van der Waals surface area contributed by atoms with E-state index in [4.69, 9.17) is 0 Å². The quantitative estimate of drug-likeness (QED) is 0.693. The van der Waals surface area contributed by atoms with E-state index in [0.29, 0.717) is 0 Å². The summed E-state index contributed by atoms with van der Waals surface area (Å²) in [6, 6.07) is 3.00. The van der Waals surface area contributed by atoms with E-state index in [-0.39, 0.29) is 5.82 Å². The monoisotopic (exact) mass is 245 g/mol. The summed E-state index contributed by atoms with van der Waals surface area (Å²) in [6.07, 6.45) is 0. The largest absolute Gasteiger partial charge is 0.229 e. The van der Waals surface area contributed by atoms with Gasteiger partial charge in [-0.3, -0.25) is 0 Å². The van der Waals surface area contributed by atoms with E-state index in [0.717, 1.165) is 19.7 Å². The molecule has 1 nitrogen and oxygen atoms in total. The summed E-state index contributed by atoms with van der Waals surface area (Å²) in [7, 11) is 0. The van der Waals surface area contributed by atoms with E-state index < -0.39 is 0 Å². The van der Waals surface area contributed by atoms with E-state index >= 15 is 0 Å². The molecular formula is C8H5BrFNS. The summed E-state index contributed by atoms with van der Waals surface area (Å²) in [6.45, 7) is 1.86. The molecule has 0 aliphatic rings. The third-order valence-corrected chi connectivity index (χ3v) is 3.08. The first-order valence-electron chi connectivity index (χ1n) is 3.39. The lowest BCUT2D eigenvalue weighted by atomic mass is 10.2. The van der Waals surface area contributed by atoms with Crippen molar-refractivity contribution in [2.45, 2.75) is 6.92 Å². The first-order chi connectivity index (χ1) is 5.66. The van der Waals surface area contributed by atoms with Crippen molar-refractivity contribution in [2.24, 2.45) is 0 Å². The van der Waals surface area contributed by atoms with Gasteiger partial charge in [0.15, 0.2) is 3.92 Å². The third-order valence-electron chi connectivity index (χ3n) is 1.62. The summed E-state index contributed by atoms with van der Waals surface area (Å²) in [5.41, 5.74) is 1.76. The number of nitrogens with zero attached hydrogens (tertiary/aromatic N) is 1. The molecular weight excluding hydrogens is 241 g/mol. The average Bonchev–Trinajstić information content (AvgIpc) is 2.29. The van der Waals surface area contributed by atoms with Crippen molar-refractivity contribution in [1.29, 1.82) is 0 Å². The predicted octanol–water partition coefficient (Wildman–Crippen LogP) is 3.51. The lowest BCUT2D eigenvalue weighted by molar-refractivity contribution is 0.629. The molecule has 1 heterocycles. The molecule has 12 heavy (non-hydrogen) atoms. The van der Waals surface area contributed by atoms with Crippen molar-refractivity contribution in [2.75, 3.05) is 0 Å². The summed E-state index contributed by atoms with van der Waals surface area (Å²) in [5.74, 6) is -0.198. The van der Waals surface area contributed by atoms with Gasteiger partial charge in [-0.25, -0.2) is 9.37 Å². The standard InChI is InChI=1S/C8H5BrFNS/c1-4-2-5(10)3-6-7(4)11-8(9)12-6/h2-3H,1H3. The maximum Gasteiger partial charge on any atom is 0.160 e.